The second-order valence-electron chi connectivity index (χ2n) is 2.99. The summed E-state index contributed by atoms with van der Waals surface area (Å²) >= 11 is 8.71. The number of benzene rings is 1. The molecule has 0 aliphatic carbocycles. The van der Waals surface area contributed by atoms with Crippen LogP contribution in [0.2, 0.25) is 5.02 Å². The van der Waals surface area contributed by atoms with Gasteiger partial charge in [-0.1, -0.05) is 35.5 Å². The van der Waals surface area contributed by atoms with Gasteiger partial charge in [0, 0.05) is 10.5 Å². The molecule has 6 heteroatoms. The Labute approximate surface area is 106 Å². The third-order valence-electron chi connectivity index (χ3n) is 1.82. The Morgan fingerprint density at radius 3 is 2.94 bits per heavy atom. The van der Waals surface area contributed by atoms with E-state index in [1.807, 2.05) is 6.92 Å². The molecule has 1 heterocycles. The summed E-state index contributed by atoms with van der Waals surface area (Å²) in [5.41, 5.74) is 0.574. The minimum Gasteiger partial charge on any atom is -0.298 e. The van der Waals surface area contributed by atoms with E-state index in [2.05, 4.69) is 9.36 Å². The zero-order valence-electron chi connectivity index (χ0n) is 8.31. The summed E-state index contributed by atoms with van der Waals surface area (Å²) < 4.78 is 4.86. The van der Waals surface area contributed by atoms with Crippen molar-refractivity contribution in [2.24, 2.45) is 0 Å². The number of hydrogen-bond acceptors (Lipinski definition) is 5. The second kappa shape index (κ2) is 4.95. The lowest BCUT2D eigenvalue weighted by Gasteiger charge is -2.03. The Bertz CT molecular complexity index is 527. The number of nitrogens with zero attached hydrogens (tertiary/aromatic N) is 2. The molecule has 2 rings (SSSR count). The molecule has 82 valence electrons. The number of carbonyl (C=O) groups excluding carboxylic acids is 1. The summed E-state index contributed by atoms with van der Waals surface area (Å²) in [6, 6.07) is 5.24. The molecule has 0 radical (unpaired) electrons. The Hall–Kier alpha value is -0.910. The second-order valence-corrected chi connectivity index (χ2v) is 5.40. The van der Waals surface area contributed by atoms with Gasteiger partial charge in [-0.3, -0.25) is 4.79 Å². The summed E-state index contributed by atoms with van der Waals surface area (Å²) in [5, 5.41) is 0.558. The standard InChI is InChI=1S/C10H7ClN2OS2/c1-6-12-10(16-13-6)15-9-7(5-14)3-2-4-8(9)11/h2-5H,1H3. The Morgan fingerprint density at radius 1 is 1.50 bits per heavy atom. The predicted octanol–water partition coefficient (Wildman–Crippen LogP) is 3.46. The highest BCUT2D eigenvalue weighted by molar-refractivity contribution is 8.01. The van der Waals surface area contributed by atoms with Gasteiger partial charge in [0.1, 0.15) is 5.82 Å². The van der Waals surface area contributed by atoms with Crippen LogP contribution in [0, 0.1) is 6.92 Å². The number of carbonyl (C=O) groups is 1. The molecular formula is C10H7ClN2OS2. The zero-order chi connectivity index (χ0) is 11.5. The molecule has 1 aromatic carbocycles. The Morgan fingerprint density at radius 2 is 2.31 bits per heavy atom. The van der Waals surface area contributed by atoms with Gasteiger partial charge >= 0.3 is 0 Å². The van der Waals surface area contributed by atoms with Crippen LogP contribution in [0.1, 0.15) is 16.2 Å². The van der Waals surface area contributed by atoms with Crippen LogP contribution in [-0.2, 0) is 0 Å². The quantitative estimate of drug-likeness (QED) is 0.801. The maximum absolute atomic E-state index is 10.9. The van der Waals surface area contributed by atoms with Gasteiger partial charge in [-0.2, -0.15) is 4.37 Å². The van der Waals surface area contributed by atoms with Gasteiger partial charge in [-0.05, 0) is 24.5 Å². The molecule has 1 aromatic heterocycles. The van der Waals surface area contributed by atoms with E-state index in [0.717, 1.165) is 21.3 Å². The third-order valence-corrected chi connectivity index (χ3v) is 4.25. The average Bonchev–Trinajstić information content (AvgIpc) is 2.67. The predicted molar refractivity (Wildman–Crippen MR) is 65.6 cm³/mol. The molecule has 0 unspecified atom stereocenters. The molecule has 0 bridgehead atoms. The van der Waals surface area contributed by atoms with Crippen molar-refractivity contribution in [1.29, 1.82) is 0 Å². The van der Waals surface area contributed by atoms with Gasteiger partial charge in [0.2, 0.25) is 0 Å². The van der Waals surface area contributed by atoms with Crippen molar-refractivity contribution in [3.8, 4) is 0 Å². The van der Waals surface area contributed by atoms with Gasteiger partial charge in [0.25, 0.3) is 0 Å². The molecule has 0 fully saturated rings. The Balaban J connectivity index is 2.37. The molecule has 0 saturated carbocycles. The molecular weight excluding hydrogens is 264 g/mol. The largest absolute Gasteiger partial charge is 0.298 e. The van der Waals surface area contributed by atoms with Gasteiger partial charge < -0.3 is 0 Å². The molecule has 0 N–H and O–H groups in total. The number of hydrogen-bond donors (Lipinski definition) is 0. The number of aldehydes is 1. The molecule has 2 aromatic rings. The minimum atomic E-state index is 0.558. The van der Waals surface area contributed by atoms with Crippen LogP contribution >= 0.6 is 34.9 Å². The monoisotopic (exact) mass is 270 g/mol. The van der Waals surface area contributed by atoms with Gasteiger partial charge in [-0.15, -0.1) is 0 Å². The summed E-state index contributed by atoms with van der Waals surface area (Å²) in [6.07, 6.45) is 0.794. The number of aryl methyl sites for hydroxylation is 1. The van der Waals surface area contributed by atoms with Gasteiger partial charge in [0.15, 0.2) is 10.6 Å². The van der Waals surface area contributed by atoms with E-state index in [0.29, 0.717) is 10.6 Å². The topological polar surface area (TPSA) is 42.9 Å². The number of rotatable bonds is 3. The molecule has 3 nitrogen and oxygen atoms in total. The summed E-state index contributed by atoms with van der Waals surface area (Å²) in [7, 11) is 0. The van der Waals surface area contributed by atoms with Crippen molar-refractivity contribution in [2.45, 2.75) is 16.2 Å². The zero-order valence-corrected chi connectivity index (χ0v) is 10.7. The van der Waals surface area contributed by atoms with Crippen LogP contribution in [0.4, 0.5) is 0 Å². The van der Waals surface area contributed by atoms with Crippen LogP contribution in [0.5, 0.6) is 0 Å². The van der Waals surface area contributed by atoms with Crippen molar-refractivity contribution >= 4 is 41.2 Å². The fourth-order valence-corrected chi connectivity index (χ4v) is 3.12. The van der Waals surface area contributed by atoms with Crippen molar-refractivity contribution in [2.75, 3.05) is 0 Å². The van der Waals surface area contributed by atoms with Gasteiger partial charge in [-0.25, -0.2) is 4.98 Å². The van der Waals surface area contributed by atoms with E-state index in [1.54, 1.807) is 18.2 Å². The highest BCUT2D eigenvalue weighted by atomic mass is 35.5. The molecule has 0 aliphatic rings. The summed E-state index contributed by atoms with van der Waals surface area (Å²) in [4.78, 5) is 15.8. The van der Waals surface area contributed by atoms with Crippen LogP contribution < -0.4 is 0 Å². The lowest BCUT2D eigenvalue weighted by atomic mass is 10.2. The first kappa shape index (κ1) is 11.6. The molecule has 0 aliphatic heterocycles. The average molecular weight is 271 g/mol. The molecule has 0 atom stereocenters. The smallest absolute Gasteiger partial charge is 0.174 e. The fraction of sp³-hybridized carbons (Fsp3) is 0.100. The first-order valence-corrected chi connectivity index (χ1v) is 6.39. The van der Waals surface area contributed by atoms with Crippen LogP contribution in [-0.4, -0.2) is 15.6 Å². The van der Waals surface area contributed by atoms with Crippen molar-refractivity contribution in [1.82, 2.24) is 9.36 Å². The van der Waals surface area contributed by atoms with Crippen LogP contribution in [0.3, 0.4) is 0 Å². The summed E-state index contributed by atoms with van der Waals surface area (Å²) in [5.74, 6) is 0.729. The number of halogens is 1. The van der Waals surface area contributed by atoms with E-state index in [4.69, 9.17) is 11.6 Å². The van der Waals surface area contributed by atoms with Crippen LogP contribution in [0.25, 0.3) is 0 Å². The Kier molecular flexibility index (Phi) is 3.58. The van der Waals surface area contributed by atoms with Crippen molar-refractivity contribution in [3.05, 3.63) is 34.6 Å². The van der Waals surface area contributed by atoms with E-state index in [1.165, 1.54) is 23.3 Å². The lowest BCUT2D eigenvalue weighted by molar-refractivity contribution is 0.112. The van der Waals surface area contributed by atoms with E-state index in [9.17, 15) is 4.79 Å². The highest BCUT2D eigenvalue weighted by Crippen LogP contribution is 2.36. The maximum Gasteiger partial charge on any atom is 0.174 e. The lowest BCUT2D eigenvalue weighted by Crippen LogP contribution is -1.85. The maximum atomic E-state index is 10.9. The van der Waals surface area contributed by atoms with E-state index < -0.39 is 0 Å². The molecule has 0 saturated heterocycles. The SMILES string of the molecule is Cc1nsc(Sc2c(Cl)cccc2C=O)n1. The normalized spacial score (nSPS) is 10.4. The highest BCUT2D eigenvalue weighted by Gasteiger charge is 2.10. The molecule has 0 spiro atoms. The van der Waals surface area contributed by atoms with E-state index in [-0.39, 0.29) is 0 Å². The minimum absolute atomic E-state index is 0.558. The summed E-state index contributed by atoms with van der Waals surface area (Å²) in [6.45, 7) is 1.83. The van der Waals surface area contributed by atoms with Crippen molar-refractivity contribution in [3.63, 3.8) is 0 Å². The first-order chi connectivity index (χ1) is 7.70. The molecule has 16 heavy (non-hydrogen) atoms. The first-order valence-electron chi connectivity index (χ1n) is 4.42. The van der Waals surface area contributed by atoms with Gasteiger partial charge in [0.05, 0.1) is 5.02 Å². The van der Waals surface area contributed by atoms with Crippen molar-refractivity contribution < 1.29 is 4.79 Å². The fourth-order valence-electron chi connectivity index (χ4n) is 1.13. The number of aromatic nitrogens is 2. The molecule has 0 amide bonds. The van der Waals surface area contributed by atoms with Crippen LogP contribution in [0.15, 0.2) is 27.4 Å². The van der Waals surface area contributed by atoms with E-state index >= 15 is 0 Å². The third kappa shape index (κ3) is 2.42.